The number of halogens is 1. The number of ether oxygens (including phenoxy) is 2. The summed E-state index contributed by atoms with van der Waals surface area (Å²) in [6.07, 6.45) is 0. The van der Waals surface area contributed by atoms with E-state index >= 15 is 0 Å². The molecule has 1 N–H and O–H groups in total. The summed E-state index contributed by atoms with van der Waals surface area (Å²) >= 11 is 0. The van der Waals surface area contributed by atoms with E-state index < -0.39 is 5.60 Å². The Morgan fingerprint density at radius 2 is 2.05 bits per heavy atom. The number of nitrogens with one attached hydrogen (secondary N) is 1. The maximum absolute atomic E-state index is 13.8. The molecule has 0 amide bonds. The normalized spacial score (nSPS) is 12.9. The number of methoxy groups -OCH3 is 1. The molecule has 0 saturated heterocycles. The maximum Gasteiger partial charge on any atom is 0.320 e. The van der Waals surface area contributed by atoms with Gasteiger partial charge in [-0.05, 0) is 33.8 Å². The second-order valence-corrected chi connectivity index (χ2v) is 5.58. The molecular weight excluding hydrogens is 261 g/mol. The lowest BCUT2D eigenvalue weighted by Gasteiger charge is -2.21. The Morgan fingerprint density at radius 1 is 1.40 bits per heavy atom. The molecule has 0 bridgehead atoms. The number of esters is 1. The molecule has 1 aromatic carbocycles. The van der Waals surface area contributed by atoms with Gasteiger partial charge in [-0.1, -0.05) is 6.07 Å². The van der Waals surface area contributed by atoms with Crippen molar-refractivity contribution in [2.75, 3.05) is 13.7 Å². The van der Waals surface area contributed by atoms with Crippen molar-refractivity contribution in [2.45, 2.75) is 39.3 Å². The summed E-state index contributed by atoms with van der Waals surface area (Å²) in [6, 6.07) is 4.35. The van der Waals surface area contributed by atoms with Crippen LogP contribution in [0.4, 0.5) is 4.39 Å². The lowest BCUT2D eigenvalue weighted by Crippen LogP contribution is -2.32. The summed E-state index contributed by atoms with van der Waals surface area (Å²) < 4.78 is 24.0. The Morgan fingerprint density at radius 3 is 2.55 bits per heavy atom. The Kier molecular flexibility index (Phi) is 5.51. The first-order valence-electron chi connectivity index (χ1n) is 6.51. The van der Waals surface area contributed by atoms with Crippen molar-refractivity contribution < 1.29 is 18.7 Å². The van der Waals surface area contributed by atoms with E-state index in [1.54, 1.807) is 39.8 Å². The fourth-order valence-corrected chi connectivity index (χ4v) is 1.71. The third-order valence-electron chi connectivity index (χ3n) is 2.65. The van der Waals surface area contributed by atoms with Gasteiger partial charge >= 0.3 is 5.97 Å². The van der Waals surface area contributed by atoms with Crippen molar-refractivity contribution in [1.29, 1.82) is 0 Å². The van der Waals surface area contributed by atoms with E-state index in [9.17, 15) is 9.18 Å². The molecule has 0 aliphatic heterocycles. The molecule has 1 atom stereocenters. The number of hydrogen-bond acceptors (Lipinski definition) is 4. The quantitative estimate of drug-likeness (QED) is 0.844. The Labute approximate surface area is 119 Å². The van der Waals surface area contributed by atoms with E-state index in [4.69, 9.17) is 9.47 Å². The van der Waals surface area contributed by atoms with Crippen molar-refractivity contribution in [3.63, 3.8) is 0 Å². The molecule has 20 heavy (non-hydrogen) atoms. The Balaban J connectivity index is 2.59. The molecule has 0 aromatic heterocycles. The minimum atomic E-state index is -0.520. The van der Waals surface area contributed by atoms with Crippen LogP contribution >= 0.6 is 0 Å². The second-order valence-electron chi connectivity index (χ2n) is 5.58. The van der Waals surface area contributed by atoms with E-state index in [1.165, 1.54) is 13.2 Å². The standard InChI is InChI=1S/C15H22FNO3/c1-10(17-9-14(18)20-15(2,3)4)12-7-6-11(19-5)8-13(12)16/h6-8,10,17H,9H2,1-5H3. The molecule has 0 fully saturated rings. The first-order valence-corrected chi connectivity index (χ1v) is 6.51. The van der Waals surface area contributed by atoms with Crippen LogP contribution in [-0.4, -0.2) is 25.2 Å². The maximum atomic E-state index is 13.8. The molecule has 0 aliphatic rings. The Hall–Kier alpha value is -1.62. The van der Waals surface area contributed by atoms with Gasteiger partial charge in [0.25, 0.3) is 0 Å². The highest BCUT2D eigenvalue weighted by molar-refractivity contribution is 5.72. The highest BCUT2D eigenvalue weighted by Crippen LogP contribution is 2.21. The van der Waals surface area contributed by atoms with Gasteiger partial charge in [0.1, 0.15) is 17.2 Å². The van der Waals surface area contributed by atoms with Crippen molar-refractivity contribution in [3.05, 3.63) is 29.6 Å². The van der Waals surface area contributed by atoms with Gasteiger partial charge in [0, 0.05) is 17.7 Å². The highest BCUT2D eigenvalue weighted by Gasteiger charge is 2.18. The van der Waals surface area contributed by atoms with Gasteiger partial charge < -0.3 is 14.8 Å². The molecule has 0 spiro atoms. The number of carbonyl (C=O) groups excluding carboxylic acids is 1. The smallest absolute Gasteiger partial charge is 0.320 e. The fourth-order valence-electron chi connectivity index (χ4n) is 1.71. The predicted molar refractivity (Wildman–Crippen MR) is 75.2 cm³/mol. The van der Waals surface area contributed by atoms with Crippen molar-refractivity contribution in [3.8, 4) is 5.75 Å². The average molecular weight is 283 g/mol. The number of hydrogen-bond donors (Lipinski definition) is 1. The zero-order chi connectivity index (χ0) is 15.3. The van der Waals surface area contributed by atoms with Crippen LogP contribution in [0.2, 0.25) is 0 Å². The molecule has 0 saturated carbocycles. The summed E-state index contributed by atoms with van der Waals surface area (Å²) in [5, 5.41) is 2.94. The molecule has 0 radical (unpaired) electrons. The van der Waals surface area contributed by atoms with Crippen LogP contribution in [-0.2, 0) is 9.53 Å². The lowest BCUT2D eigenvalue weighted by molar-refractivity contribution is -0.153. The SMILES string of the molecule is COc1ccc(C(C)NCC(=O)OC(C)(C)C)c(F)c1. The largest absolute Gasteiger partial charge is 0.497 e. The molecule has 112 valence electrons. The topological polar surface area (TPSA) is 47.6 Å². The summed E-state index contributed by atoms with van der Waals surface area (Å²) in [7, 11) is 1.48. The third kappa shape index (κ3) is 5.17. The summed E-state index contributed by atoms with van der Waals surface area (Å²) in [5.74, 6) is -0.266. The number of benzene rings is 1. The number of carbonyl (C=O) groups is 1. The van der Waals surface area contributed by atoms with E-state index in [1.807, 2.05) is 0 Å². The molecular formula is C15H22FNO3. The first kappa shape index (κ1) is 16.4. The lowest BCUT2D eigenvalue weighted by atomic mass is 10.1. The van der Waals surface area contributed by atoms with Crippen molar-refractivity contribution in [2.24, 2.45) is 0 Å². The molecule has 5 heteroatoms. The molecule has 1 rings (SSSR count). The summed E-state index contributed by atoms with van der Waals surface area (Å²) in [6.45, 7) is 7.23. The Bertz CT molecular complexity index is 469. The molecule has 4 nitrogen and oxygen atoms in total. The number of rotatable bonds is 5. The summed E-state index contributed by atoms with van der Waals surface area (Å²) in [4.78, 5) is 11.6. The van der Waals surface area contributed by atoms with Gasteiger partial charge in [-0.15, -0.1) is 0 Å². The van der Waals surface area contributed by atoms with Crippen LogP contribution in [0, 0.1) is 5.82 Å². The first-order chi connectivity index (χ1) is 9.23. The van der Waals surface area contributed by atoms with Crippen molar-refractivity contribution >= 4 is 5.97 Å². The molecule has 1 unspecified atom stereocenters. The van der Waals surface area contributed by atoms with Gasteiger partial charge in [-0.3, -0.25) is 4.79 Å². The highest BCUT2D eigenvalue weighted by atomic mass is 19.1. The van der Waals surface area contributed by atoms with E-state index in [-0.39, 0.29) is 24.4 Å². The zero-order valence-corrected chi connectivity index (χ0v) is 12.6. The van der Waals surface area contributed by atoms with E-state index in [2.05, 4.69) is 5.32 Å². The van der Waals surface area contributed by atoms with Gasteiger partial charge in [0.05, 0.1) is 13.7 Å². The van der Waals surface area contributed by atoms with Crippen LogP contribution in [0.25, 0.3) is 0 Å². The van der Waals surface area contributed by atoms with Gasteiger partial charge in [0.2, 0.25) is 0 Å². The van der Waals surface area contributed by atoms with Crippen LogP contribution < -0.4 is 10.1 Å². The average Bonchev–Trinajstić information content (AvgIpc) is 2.33. The molecule has 1 aromatic rings. The third-order valence-corrected chi connectivity index (χ3v) is 2.65. The monoisotopic (exact) mass is 283 g/mol. The second kappa shape index (κ2) is 6.70. The summed E-state index contributed by atoms with van der Waals surface area (Å²) in [5.41, 5.74) is -0.0396. The van der Waals surface area contributed by atoms with Crippen LogP contribution in [0.15, 0.2) is 18.2 Å². The fraction of sp³-hybridized carbons (Fsp3) is 0.533. The molecule has 0 heterocycles. The van der Waals surface area contributed by atoms with Gasteiger partial charge in [-0.25, -0.2) is 4.39 Å². The minimum absolute atomic E-state index is 0.0317. The van der Waals surface area contributed by atoms with E-state index in [0.29, 0.717) is 11.3 Å². The van der Waals surface area contributed by atoms with E-state index in [0.717, 1.165) is 0 Å². The van der Waals surface area contributed by atoms with Crippen LogP contribution in [0.5, 0.6) is 5.75 Å². The van der Waals surface area contributed by atoms with Gasteiger partial charge in [-0.2, -0.15) is 0 Å². The van der Waals surface area contributed by atoms with Crippen molar-refractivity contribution in [1.82, 2.24) is 5.32 Å². The molecule has 0 aliphatic carbocycles. The minimum Gasteiger partial charge on any atom is -0.497 e. The van der Waals surface area contributed by atoms with Crippen LogP contribution in [0.1, 0.15) is 39.3 Å². The predicted octanol–water partition coefficient (Wildman–Crippen LogP) is 2.83. The zero-order valence-electron chi connectivity index (χ0n) is 12.6. The van der Waals surface area contributed by atoms with Crippen LogP contribution in [0.3, 0.4) is 0 Å². The van der Waals surface area contributed by atoms with Gasteiger partial charge in [0.15, 0.2) is 0 Å².